The molecule has 0 atom stereocenters. The molecule has 0 unspecified atom stereocenters. The van der Waals surface area contributed by atoms with Crippen LogP contribution in [0, 0.1) is 0 Å². The van der Waals surface area contributed by atoms with Crippen LogP contribution in [0.2, 0.25) is 0 Å². The van der Waals surface area contributed by atoms with E-state index < -0.39 is 29.9 Å². The molecule has 0 N–H and O–H groups in total. The summed E-state index contributed by atoms with van der Waals surface area (Å²) in [5.41, 5.74) is -0.809. The average Bonchev–Trinajstić information content (AvgIpc) is 2.71. The number of carbonyl (C=O) groups is 1. The third-order valence-corrected chi connectivity index (χ3v) is 4.49. The lowest BCUT2D eigenvalue weighted by molar-refractivity contribution is -0.157. The van der Waals surface area contributed by atoms with Crippen LogP contribution in [-0.4, -0.2) is 43.6 Å². The van der Waals surface area contributed by atoms with Gasteiger partial charge >= 0.3 is 13.1 Å². The molecule has 1 saturated heterocycles. The molecular weight excluding hydrogens is 335 g/mol. The van der Waals surface area contributed by atoms with E-state index in [2.05, 4.69) is 0 Å². The predicted octanol–water partition coefficient (Wildman–Crippen LogP) is 2.71. The van der Waals surface area contributed by atoms with Crippen molar-refractivity contribution in [1.29, 1.82) is 0 Å². The van der Waals surface area contributed by atoms with E-state index in [9.17, 15) is 4.79 Å². The van der Waals surface area contributed by atoms with Gasteiger partial charge in [-0.25, -0.2) is 4.79 Å². The van der Waals surface area contributed by atoms with E-state index in [4.69, 9.17) is 23.5 Å². The molecule has 0 amide bonds. The molecule has 1 aliphatic rings. The van der Waals surface area contributed by atoms with Gasteiger partial charge in [-0.2, -0.15) is 0 Å². The maximum absolute atomic E-state index is 12.0. The van der Waals surface area contributed by atoms with Gasteiger partial charge in [-0.15, -0.1) is 0 Å². The van der Waals surface area contributed by atoms with Crippen molar-refractivity contribution in [3.8, 4) is 11.5 Å². The van der Waals surface area contributed by atoms with Crippen LogP contribution in [0.15, 0.2) is 18.2 Å². The van der Waals surface area contributed by atoms with E-state index in [1.165, 1.54) is 0 Å². The summed E-state index contributed by atoms with van der Waals surface area (Å²) in [6, 6.07) is 5.34. The molecule has 0 bridgehead atoms. The van der Waals surface area contributed by atoms with E-state index in [1.807, 2.05) is 54.5 Å². The first-order valence-electron chi connectivity index (χ1n) is 8.73. The second kappa shape index (κ2) is 7.12. The minimum absolute atomic E-state index is 0.211. The Morgan fingerprint density at radius 1 is 1.12 bits per heavy atom. The molecule has 1 fully saturated rings. The maximum Gasteiger partial charge on any atom is 0.498 e. The van der Waals surface area contributed by atoms with Gasteiger partial charge in [-0.05, 0) is 54.5 Å². The molecule has 1 heterocycles. The molecular formula is C19H29BO6. The minimum Gasteiger partial charge on any atom is -0.497 e. The summed E-state index contributed by atoms with van der Waals surface area (Å²) in [5.74, 6) is 0.637. The van der Waals surface area contributed by atoms with Crippen molar-refractivity contribution < 1.29 is 28.3 Å². The average molecular weight is 364 g/mol. The molecule has 7 heteroatoms. The summed E-state index contributed by atoms with van der Waals surface area (Å²) in [5, 5.41) is 0. The second-order valence-electron chi connectivity index (χ2n) is 8.37. The van der Waals surface area contributed by atoms with E-state index in [-0.39, 0.29) is 6.61 Å². The lowest BCUT2D eigenvalue weighted by atomic mass is 9.78. The van der Waals surface area contributed by atoms with E-state index in [0.717, 1.165) is 0 Å². The highest BCUT2D eigenvalue weighted by Crippen LogP contribution is 2.37. The molecule has 1 aliphatic heterocycles. The highest BCUT2D eigenvalue weighted by atomic mass is 16.7. The van der Waals surface area contributed by atoms with Crippen molar-refractivity contribution >= 4 is 18.6 Å². The van der Waals surface area contributed by atoms with Crippen molar-refractivity contribution in [2.24, 2.45) is 0 Å². The largest absolute Gasteiger partial charge is 0.498 e. The summed E-state index contributed by atoms with van der Waals surface area (Å²) < 4.78 is 28.5. The quantitative estimate of drug-likeness (QED) is 0.591. The highest BCUT2D eigenvalue weighted by Gasteiger charge is 2.52. The zero-order valence-electron chi connectivity index (χ0n) is 17.0. The lowest BCUT2D eigenvalue weighted by Gasteiger charge is -2.32. The highest BCUT2D eigenvalue weighted by molar-refractivity contribution is 6.63. The van der Waals surface area contributed by atoms with Crippen LogP contribution in [0.25, 0.3) is 0 Å². The van der Waals surface area contributed by atoms with Crippen molar-refractivity contribution in [2.75, 3.05) is 13.7 Å². The molecule has 0 aliphatic carbocycles. The van der Waals surface area contributed by atoms with Gasteiger partial charge < -0.3 is 23.5 Å². The van der Waals surface area contributed by atoms with Crippen LogP contribution in [-0.2, 0) is 18.8 Å². The first-order chi connectivity index (χ1) is 11.8. The van der Waals surface area contributed by atoms with Gasteiger partial charge in [0, 0.05) is 11.5 Å². The molecule has 0 aromatic heterocycles. The van der Waals surface area contributed by atoms with Gasteiger partial charge in [-0.1, -0.05) is 6.07 Å². The maximum atomic E-state index is 12.0. The molecule has 26 heavy (non-hydrogen) atoms. The smallest absolute Gasteiger partial charge is 0.497 e. The van der Waals surface area contributed by atoms with Crippen molar-refractivity contribution in [1.82, 2.24) is 0 Å². The topological polar surface area (TPSA) is 63.2 Å². The molecule has 1 aromatic carbocycles. The number of rotatable bonds is 5. The third-order valence-electron chi connectivity index (χ3n) is 4.49. The van der Waals surface area contributed by atoms with Gasteiger partial charge in [-0.3, -0.25) is 0 Å². The Hall–Kier alpha value is -1.73. The lowest BCUT2D eigenvalue weighted by Crippen LogP contribution is -2.41. The Morgan fingerprint density at radius 2 is 1.69 bits per heavy atom. The van der Waals surface area contributed by atoms with Crippen LogP contribution in [0.4, 0.5) is 0 Å². The zero-order valence-corrected chi connectivity index (χ0v) is 17.0. The molecule has 144 valence electrons. The molecule has 1 aromatic rings. The van der Waals surface area contributed by atoms with Crippen LogP contribution in [0.5, 0.6) is 11.5 Å². The Bertz CT molecular complexity index is 646. The predicted molar refractivity (Wildman–Crippen MR) is 100 cm³/mol. The first-order valence-corrected chi connectivity index (χ1v) is 8.73. The molecule has 0 saturated carbocycles. The molecule has 6 nitrogen and oxygen atoms in total. The summed E-state index contributed by atoms with van der Waals surface area (Å²) in [6.07, 6.45) is 0. The Balaban J connectivity index is 2.21. The van der Waals surface area contributed by atoms with Gasteiger partial charge in [0.1, 0.15) is 17.1 Å². The molecule has 0 spiro atoms. The van der Waals surface area contributed by atoms with E-state index in [0.29, 0.717) is 17.0 Å². The summed E-state index contributed by atoms with van der Waals surface area (Å²) in [6.45, 7) is 13.2. The van der Waals surface area contributed by atoms with Crippen molar-refractivity contribution in [3.05, 3.63) is 18.2 Å². The van der Waals surface area contributed by atoms with Crippen LogP contribution in [0.1, 0.15) is 48.5 Å². The standard InChI is InChI=1S/C19H29BO6/c1-17(2,3)24-16(21)12-23-15-11-13(22-8)9-10-14(15)20-25-18(4,5)19(6,7)26-20/h9-11H,12H2,1-8H3. The fourth-order valence-corrected chi connectivity index (χ4v) is 2.44. The fraction of sp³-hybridized carbons (Fsp3) is 0.632. The first kappa shape index (κ1) is 20.6. The SMILES string of the molecule is COc1ccc(B2OC(C)(C)C(C)(C)O2)c(OCC(=O)OC(C)(C)C)c1. The van der Waals surface area contributed by atoms with E-state index in [1.54, 1.807) is 19.2 Å². The summed E-state index contributed by atoms with van der Waals surface area (Å²) in [4.78, 5) is 12.0. The number of esters is 1. The van der Waals surface area contributed by atoms with Crippen LogP contribution in [0.3, 0.4) is 0 Å². The second-order valence-corrected chi connectivity index (χ2v) is 8.37. The van der Waals surface area contributed by atoms with Crippen molar-refractivity contribution in [3.63, 3.8) is 0 Å². The fourth-order valence-electron chi connectivity index (χ4n) is 2.44. The number of methoxy groups -OCH3 is 1. The molecule has 0 radical (unpaired) electrons. The van der Waals surface area contributed by atoms with E-state index >= 15 is 0 Å². The normalized spacial score (nSPS) is 18.5. The number of hydrogen-bond acceptors (Lipinski definition) is 6. The van der Waals surface area contributed by atoms with Crippen LogP contribution >= 0.6 is 0 Å². The third kappa shape index (κ3) is 4.71. The Morgan fingerprint density at radius 3 is 2.19 bits per heavy atom. The minimum atomic E-state index is -0.598. The summed E-state index contributed by atoms with van der Waals surface area (Å²) >= 11 is 0. The van der Waals surface area contributed by atoms with Crippen molar-refractivity contribution in [2.45, 2.75) is 65.3 Å². The van der Waals surface area contributed by atoms with Gasteiger partial charge in [0.25, 0.3) is 0 Å². The molecule has 2 rings (SSSR count). The Kier molecular flexibility index (Phi) is 5.64. The van der Waals surface area contributed by atoms with Gasteiger partial charge in [0.15, 0.2) is 6.61 Å². The van der Waals surface area contributed by atoms with Gasteiger partial charge in [0.2, 0.25) is 0 Å². The Labute approximate surface area is 156 Å². The number of benzene rings is 1. The summed E-state index contributed by atoms with van der Waals surface area (Å²) in [7, 11) is 0.973. The van der Waals surface area contributed by atoms with Crippen LogP contribution < -0.4 is 14.9 Å². The number of carbonyl (C=O) groups excluding carboxylic acids is 1. The van der Waals surface area contributed by atoms with Gasteiger partial charge in [0.05, 0.1) is 18.3 Å². The zero-order chi connectivity index (χ0) is 19.8. The number of hydrogen-bond donors (Lipinski definition) is 0. The monoisotopic (exact) mass is 364 g/mol. The number of ether oxygens (including phenoxy) is 3.